The van der Waals surface area contributed by atoms with Crippen molar-refractivity contribution in [2.75, 3.05) is 24.5 Å². The van der Waals surface area contributed by atoms with E-state index in [-0.39, 0.29) is 11.1 Å². The van der Waals surface area contributed by atoms with Crippen LogP contribution in [0.15, 0.2) is 48.5 Å². The highest BCUT2D eigenvalue weighted by molar-refractivity contribution is 6.31. The van der Waals surface area contributed by atoms with Gasteiger partial charge < -0.3 is 4.74 Å². The zero-order valence-corrected chi connectivity index (χ0v) is 16.3. The van der Waals surface area contributed by atoms with E-state index >= 15 is 0 Å². The molecular weight excluding hydrogens is 405 g/mol. The molecule has 0 atom stereocenters. The van der Waals surface area contributed by atoms with Crippen LogP contribution in [0.5, 0.6) is 0 Å². The van der Waals surface area contributed by atoms with E-state index in [1.165, 1.54) is 6.07 Å². The minimum absolute atomic E-state index is 0.294. The predicted octanol–water partition coefficient (Wildman–Crippen LogP) is 5.35. The van der Waals surface area contributed by atoms with Crippen LogP contribution in [-0.2, 0) is 17.5 Å². The maximum Gasteiger partial charge on any atom is 0.417 e. The van der Waals surface area contributed by atoms with Gasteiger partial charge in [0.05, 0.1) is 17.1 Å². The van der Waals surface area contributed by atoms with Gasteiger partial charge in [0.2, 0.25) is 0 Å². The molecule has 0 radical (unpaired) electrons. The average molecular weight is 425 g/mol. The van der Waals surface area contributed by atoms with E-state index in [2.05, 4.69) is 4.90 Å². The second-order valence-corrected chi connectivity index (χ2v) is 7.97. The molecule has 2 aromatic rings. The number of ether oxygens (including phenoxy) is 1. The van der Waals surface area contributed by atoms with Crippen LogP contribution < -0.4 is 4.90 Å². The lowest BCUT2D eigenvalue weighted by Gasteiger charge is -2.37. The number of likely N-dealkylation sites (tertiary alicyclic amines) is 1. The number of carbonyl (C=O) groups excluding carboxylic acids is 1. The summed E-state index contributed by atoms with van der Waals surface area (Å²) in [5.41, 5.74) is 0.0126. The summed E-state index contributed by atoms with van der Waals surface area (Å²) < 4.78 is 44.9. The molecule has 0 aliphatic carbocycles. The molecule has 0 bridgehead atoms. The van der Waals surface area contributed by atoms with Crippen LogP contribution in [0.4, 0.5) is 23.7 Å². The van der Waals surface area contributed by atoms with Crippen LogP contribution in [0, 0.1) is 0 Å². The largest absolute Gasteiger partial charge is 0.441 e. The summed E-state index contributed by atoms with van der Waals surface area (Å²) in [6.45, 7) is 2.16. The first kappa shape index (κ1) is 20.0. The molecule has 29 heavy (non-hydrogen) atoms. The SMILES string of the molecule is O=C1OC2(CCN(Cc3ccc(Cl)c(C(F)(F)F)c3)CC2)CN1c1ccccc1. The number of benzene rings is 2. The molecule has 2 fully saturated rings. The third-order valence-electron chi connectivity index (χ3n) is 5.55. The molecule has 2 aliphatic rings. The minimum atomic E-state index is -4.47. The van der Waals surface area contributed by atoms with E-state index in [1.807, 2.05) is 30.3 Å². The Morgan fingerprint density at radius 2 is 1.76 bits per heavy atom. The molecular formula is C21H20ClF3N2O2. The Morgan fingerprint density at radius 1 is 1.07 bits per heavy atom. The third-order valence-corrected chi connectivity index (χ3v) is 5.88. The van der Waals surface area contributed by atoms with Gasteiger partial charge in [-0.2, -0.15) is 13.2 Å². The lowest BCUT2D eigenvalue weighted by Crippen LogP contribution is -2.46. The molecule has 154 valence electrons. The monoisotopic (exact) mass is 424 g/mol. The highest BCUT2D eigenvalue weighted by Gasteiger charge is 2.47. The standard InChI is InChI=1S/C21H20ClF3N2O2/c22-18-7-6-15(12-17(18)21(23,24)25)13-26-10-8-20(9-11-26)14-27(19(28)29-20)16-4-2-1-3-5-16/h1-7,12H,8-11,13-14H2. The Bertz CT molecular complexity index is 897. The summed E-state index contributed by atoms with van der Waals surface area (Å²) in [4.78, 5) is 16.1. The summed E-state index contributed by atoms with van der Waals surface area (Å²) in [6.07, 6.45) is -3.54. The molecule has 1 amide bonds. The smallest absolute Gasteiger partial charge is 0.417 e. The fraction of sp³-hybridized carbons (Fsp3) is 0.381. The van der Waals surface area contributed by atoms with Crippen molar-refractivity contribution < 1.29 is 22.7 Å². The number of anilines is 1. The molecule has 2 aromatic carbocycles. The fourth-order valence-corrected chi connectivity index (χ4v) is 4.18. The first-order valence-corrected chi connectivity index (χ1v) is 9.77. The molecule has 4 nitrogen and oxygen atoms in total. The molecule has 4 rings (SSSR count). The number of rotatable bonds is 3. The highest BCUT2D eigenvalue weighted by Crippen LogP contribution is 2.37. The molecule has 8 heteroatoms. The first-order chi connectivity index (χ1) is 13.8. The van der Waals surface area contributed by atoms with E-state index in [9.17, 15) is 18.0 Å². The number of halogens is 4. The number of nitrogens with zero attached hydrogens (tertiary/aromatic N) is 2. The van der Waals surface area contributed by atoms with Crippen molar-refractivity contribution in [2.24, 2.45) is 0 Å². The third kappa shape index (κ3) is 4.21. The number of alkyl halides is 3. The van der Waals surface area contributed by atoms with Crippen molar-refractivity contribution in [3.63, 3.8) is 0 Å². The number of hydrogen-bond acceptors (Lipinski definition) is 3. The lowest BCUT2D eigenvalue weighted by molar-refractivity contribution is -0.137. The van der Waals surface area contributed by atoms with Gasteiger partial charge in [-0.3, -0.25) is 9.80 Å². The van der Waals surface area contributed by atoms with Gasteiger partial charge in [0.15, 0.2) is 0 Å². The lowest BCUT2D eigenvalue weighted by atomic mass is 9.91. The van der Waals surface area contributed by atoms with Gasteiger partial charge in [0, 0.05) is 38.2 Å². The summed E-state index contributed by atoms with van der Waals surface area (Å²) in [5.74, 6) is 0. The van der Waals surface area contributed by atoms with Crippen LogP contribution >= 0.6 is 11.6 Å². The Labute approximate surface area is 171 Å². The van der Waals surface area contributed by atoms with Crippen LogP contribution in [0.2, 0.25) is 5.02 Å². The first-order valence-electron chi connectivity index (χ1n) is 9.39. The minimum Gasteiger partial charge on any atom is -0.441 e. The normalized spacial score (nSPS) is 19.6. The van der Waals surface area contributed by atoms with Crippen molar-refractivity contribution in [1.29, 1.82) is 0 Å². The van der Waals surface area contributed by atoms with E-state index in [4.69, 9.17) is 16.3 Å². The fourth-order valence-electron chi connectivity index (χ4n) is 3.95. The van der Waals surface area contributed by atoms with E-state index in [1.54, 1.807) is 11.0 Å². The van der Waals surface area contributed by atoms with Crippen molar-refractivity contribution >= 4 is 23.4 Å². The number of carbonyl (C=O) groups is 1. The van der Waals surface area contributed by atoms with Crippen molar-refractivity contribution in [3.8, 4) is 0 Å². The number of amides is 1. The van der Waals surface area contributed by atoms with Crippen molar-refractivity contribution in [2.45, 2.75) is 31.2 Å². The van der Waals surface area contributed by atoms with E-state index in [0.29, 0.717) is 44.6 Å². The quantitative estimate of drug-likeness (QED) is 0.665. The van der Waals surface area contributed by atoms with Gasteiger partial charge in [0.1, 0.15) is 5.60 Å². The van der Waals surface area contributed by atoms with Gasteiger partial charge in [-0.25, -0.2) is 4.79 Å². The average Bonchev–Trinajstić information content (AvgIpc) is 3.01. The van der Waals surface area contributed by atoms with Crippen LogP contribution in [-0.4, -0.2) is 36.2 Å². The van der Waals surface area contributed by atoms with Crippen LogP contribution in [0.1, 0.15) is 24.0 Å². The Morgan fingerprint density at radius 3 is 2.41 bits per heavy atom. The molecule has 2 saturated heterocycles. The topological polar surface area (TPSA) is 32.8 Å². The zero-order valence-electron chi connectivity index (χ0n) is 15.6. The van der Waals surface area contributed by atoms with Gasteiger partial charge >= 0.3 is 12.3 Å². The second kappa shape index (κ2) is 7.54. The van der Waals surface area contributed by atoms with Gasteiger partial charge in [0.25, 0.3) is 0 Å². The van der Waals surface area contributed by atoms with E-state index < -0.39 is 17.3 Å². The van der Waals surface area contributed by atoms with Gasteiger partial charge in [-0.1, -0.05) is 35.9 Å². The van der Waals surface area contributed by atoms with Crippen LogP contribution in [0.3, 0.4) is 0 Å². The summed E-state index contributed by atoms with van der Waals surface area (Å²) in [7, 11) is 0. The Hall–Kier alpha value is -2.25. The molecule has 0 N–H and O–H groups in total. The maximum absolute atomic E-state index is 13.1. The number of para-hydroxylation sites is 1. The number of piperidine rings is 1. The molecule has 2 aliphatic heterocycles. The predicted molar refractivity (Wildman–Crippen MR) is 104 cm³/mol. The zero-order chi connectivity index (χ0) is 20.6. The van der Waals surface area contributed by atoms with Gasteiger partial charge in [-0.05, 0) is 29.8 Å². The number of hydrogen-bond donors (Lipinski definition) is 0. The summed E-state index contributed by atoms with van der Waals surface area (Å²) in [5, 5.41) is -0.294. The Kier molecular flexibility index (Phi) is 5.21. The van der Waals surface area contributed by atoms with Crippen molar-refractivity contribution in [3.05, 3.63) is 64.7 Å². The molecule has 2 heterocycles. The molecule has 0 aromatic heterocycles. The van der Waals surface area contributed by atoms with Gasteiger partial charge in [-0.15, -0.1) is 0 Å². The molecule has 0 saturated carbocycles. The summed E-state index contributed by atoms with van der Waals surface area (Å²) >= 11 is 5.70. The molecule has 1 spiro atoms. The highest BCUT2D eigenvalue weighted by atomic mass is 35.5. The van der Waals surface area contributed by atoms with E-state index in [0.717, 1.165) is 11.8 Å². The summed E-state index contributed by atoms with van der Waals surface area (Å²) in [6, 6.07) is 13.4. The Balaban J connectivity index is 1.40. The second-order valence-electron chi connectivity index (χ2n) is 7.56. The molecule has 0 unspecified atom stereocenters. The van der Waals surface area contributed by atoms with Crippen molar-refractivity contribution in [1.82, 2.24) is 4.90 Å². The maximum atomic E-state index is 13.1. The van der Waals surface area contributed by atoms with Crippen LogP contribution in [0.25, 0.3) is 0 Å².